The van der Waals surface area contributed by atoms with Gasteiger partial charge in [-0.1, -0.05) is 27.7 Å². The molecule has 2 aliphatic carbocycles. The summed E-state index contributed by atoms with van der Waals surface area (Å²) < 4.78 is 14.5. The lowest BCUT2D eigenvalue weighted by atomic mass is 9.83. The first-order valence-corrected chi connectivity index (χ1v) is 22.3. The molecule has 4 fully saturated rings. The Kier molecular flexibility index (Phi) is 10.6. The van der Waals surface area contributed by atoms with Crippen LogP contribution in [0.2, 0.25) is 0 Å². The number of piperazine rings is 1. The molecular formula is C45H58N8O5S. The van der Waals surface area contributed by atoms with Crippen molar-refractivity contribution in [1.82, 2.24) is 35.0 Å². The zero-order valence-electron chi connectivity index (χ0n) is 35.4. The molecule has 4 aromatic rings. The number of hydrogen-bond acceptors (Lipinski definition) is 11. The highest BCUT2D eigenvalue weighted by Gasteiger charge is 2.53. The van der Waals surface area contributed by atoms with Crippen LogP contribution in [0.4, 0.5) is 5.69 Å². The minimum absolute atomic E-state index is 0.0874. The second-order valence-electron chi connectivity index (χ2n) is 18.5. The zero-order valence-corrected chi connectivity index (χ0v) is 36.2. The summed E-state index contributed by atoms with van der Waals surface area (Å²) in [6, 6.07) is 5.20. The number of cyclic esters (lactones) is 1. The van der Waals surface area contributed by atoms with Gasteiger partial charge in [0.1, 0.15) is 12.1 Å². The number of nitrogens with zero attached hydrogens (tertiary/aromatic N) is 6. The van der Waals surface area contributed by atoms with Gasteiger partial charge in [0.15, 0.2) is 0 Å². The number of aryl methyl sites for hydroxylation is 1. The largest absolute Gasteiger partial charge is 0.464 e. The topological polar surface area (TPSA) is 134 Å². The van der Waals surface area contributed by atoms with Gasteiger partial charge >= 0.3 is 5.97 Å². The van der Waals surface area contributed by atoms with E-state index >= 15 is 0 Å². The van der Waals surface area contributed by atoms with Crippen molar-refractivity contribution in [3.63, 3.8) is 0 Å². The van der Waals surface area contributed by atoms with Gasteiger partial charge < -0.3 is 29.0 Å². The molecule has 0 spiro atoms. The third-order valence-electron chi connectivity index (χ3n) is 13.4. The number of hydrazine groups is 1. The Morgan fingerprint density at radius 3 is 2.68 bits per heavy atom. The molecule has 2 saturated heterocycles. The highest BCUT2D eigenvalue weighted by molar-refractivity contribution is 7.10. The number of carbonyl (C=O) groups is 3. The summed E-state index contributed by atoms with van der Waals surface area (Å²) in [5, 5.41) is 7.46. The van der Waals surface area contributed by atoms with Gasteiger partial charge in [-0.3, -0.25) is 24.4 Å². The third-order valence-corrected chi connectivity index (χ3v) is 14.3. The highest BCUT2D eigenvalue weighted by Crippen LogP contribution is 2.46. The minimum atomic E-state index is -0.820. The maximum atomic E-state index is 14.3. The molecule has 7 heterocycles. The van der Waals surface area contributed by atoms with Gasteiger partial charge in [0.2, 0.25) is 5.91 Å². The van der Waals surface area contributed by atoms with Gasteiger partial charge in [0.05, 0.1) is 41.0 Å². The molecule has 13 nitrogen and oxygen atoms in total. The number of methoxy groups -OCH3 is 1. The molecule has 0 radical (unpaired) electrons. The first-order chi connectivity index (χ1) is 28.3. The first kappa shape index (κ1) is 40.1. The fourth-order valence-electron chi connectivity index (χ4n) is 9.51. The van der Waals surface area contributed by atoms with Crippen LogP contribution in [-0.4, -0.2) is 108 Å². The van der Waals surface area contributed by atoms with Gasteiger partial charge in [-0.2, -0.15) is 0 Å². The van der Waals surface area contributed by atoms with Crippen molar-refractivity contribution in [3.05, 3.63) is 57.9 Å². The highest BCUT2D eigenvalue weighted by atomic mass is 32.1. The molecule has 3 aliphatic heterocycles. The van der Waals surface area contributed by atoms with Crippen LogP contribution in [0.25, 0.3) is 27.9 Å². The van der Waals surface area contributed by atoms with E-state index in [-0.39, 0.29) is 54.7 Å². The minimum Gasteiger partial charge on any atom is -0.464 e. The number of amides is 2. The Bertz CT molecular complexity index is 2280. The number of fused-ring (bicyclic) bond motifs is 8. The van der Waals surface area contributed by atoms with Crippen molar-refractivity contribution in [2.75, 3.05) is 58.4 Å². The predicted octanol–water partition coefficient (Wildman–Crippen LogP) is 5.31. The average molecular weight is 823 g/mol. The van der Waals surface area contributed by atoms with Crippen molar-refractivity contribution >= 4 is 40.3 Å². The van der Waals surface area contributed by atoms with E-state index in [1.807, 2.05) is 11.6 Å². The van der Waals surface area contributed by atoms with Gasteiger partial charge in [0.25, 0.3) is 5.91 Å². The van der Waals surface area contributed by atoms with Crippen LogP contribution >= 0.6 is 11.3 Å². The molecule has 9 rings (SSSR count). The number of likely N-dealkylation sites (N-methyl/N-ethyl adjacent to an activating group) is 1. The molecule has 5 aliphatic rings. The quantitative estimate of drug-likeness (QED) is 0.237. The van der Waals surface area contributed by atoms with E-state index in [9.17, 15) is 14.4 Å². The van der Waals surface area contributed by atoms with E-state index in [0.717, 1.165) is 95.3 Å². The number of nitrogens with one attached hydrogen (secondary N) is 2. The van der Waals surface area contributed by atoms with Gasteiger partial charge in [-0.15, -0.1) is 11.3 Å². The molecule has 14 heteroatoms. The van der Waals surface area contributed by atoms with E-state index in [1.54, 1.807) is 12.1 Å². The molecule has 4 aromatic heterocycles. The number of anilines is 1. The Hall–Kier alpha value is -4.37. The van der Waals surface area contributed by atoms with Gasteiger partial charge in [0, 0.05) is 97.1 Å². The second-order valence-corrected chi connectivity index (χ2v) is 19.4. The van der Waals surface area contributed by atoms with E-state index in [1.165, 1.54) is 17.0 Å². The molecule has 0 aromatic carbocycles. The number of aromatic nitrogens is 3. The zero-order chi connectivity index (χ0) is 41.3. The molecule has 7 atom stereocenters. The Morgan fingerprint density at radius 1 is 1.17 bits per heavy atom. The maximum Gasteiger partial charge on any atom is 0.325 e. The lowest BCUT2D eigenvalue weighted by Gasteiger charge is -2.35. The van der Waals surface area contributed by atoms with E-state index in [2.05, 4.69) is 91.0 Å². The molecule has 314 valence electrons. The number of thiazole rings is 1. The number of rotatable bonds is 7. The summed E-state index contributed by atoms with van der Waals surface area (Å²) in [4.78, 5) is 56.6. The van der Waals surface area contributed by atoms with Crippen LogP contribution in [-0.2, 0) is 43.1 Å². The van der Waals surface area contributed by atoms with Crippen LogP contribution in [0.5, 0.6) is 0 Å². The van der Waals surface area contributed by atoms with Crippen LogP contribution in [0, 0.1) is 29.1 Å². The van der Waals surface area contributed by atoms with Gasteiger partial charge in [-0.25, -0.2) is 10.4 Å². The number of pyridine rings is 2. The van der Waals surface area contributed by atoms with Crippen molar-refractivity contribution in [3.8, 4) is 22.4 Å². The Balaban J connectivity index is 1.17. The first-order valence-electron chi connectivity index (χ1n) is 21.4. The number of hydrogen-bond donors (Lipinski definition) is 2. The van der Waals surface area contributed by atoms with E-state index in [4.69, 9.17) is 19.4 Å². The van der Waals surface area contributed by atoms with E-state index < -0.39 is 17.5 Å². The predicted molar refractivity (Wildman–Crippen MR) is 228 cm³/mol. The third kappa shape index (κ3) is 7.77. The monoisotopic (exact) mass is 822 g/mol. The lowest BCUT2D eigenvalue weighted by molar-refractivity contribution is -0.156. The molecule has 59 heavy (non-hydrogen) atoms. The fraction of sp³-hybridized carbons (Fsp3) is 0.578. The van der Waals surface area contributed by atoms with Crippen molar-refractivity contribution < 1.29 is 23.9 Å². The second kappa shape index (κ2) is 15.6. The maximum absolute atomic E-state index is 14.3. The van der Waals surface area contributed by atoms with Crippen molar-refractivity contribution in [1.29, 1.82) is 0 Å². The van der Waals surface area contributed by atoms with Crippen LogP contribution in [0.15, 0.2) is 36.0 Å². The van der Waals surface area contributed by atoms with Crippen LogP contribution in [0.3, 0.4) is 0 Å². The fourth-order valence-corrected chi connectivity index (χ4v) is 10.4. The Labute approximate surface area is 350 Å². The lowest BCUT2D eigenvalue weighted by Crippen LogP contribution is -2.61. The number of carbonyl (C=O) groups excluding carboxylic acids is 3. The van der Waals surface area contributed by atoms with Crippen LogP contribution in [0.1, 0.15) is 75.5 Å². The molecule has 2 amide bonds. The summed E-state index contributed by atoms with van der Waals surface area (Å²) in [6.07, 6.45) is 7.22. The molecule has 6 bridgehead atoms. The summed E-state index contributed by atoms with van der Waals surface area (Å²) >= 11 is 1.50. The normalized spacial score (nSPS) is 27.5. The molecule has 0 unspecified atom stereocenters. The standard InChI is InChI=1S/C45H58N8O5S/c1-8-36-39(32-18-29(21-46-40(32)26(3)57-7)51-13-11-50(6)12-14-51)33-20-45(4,5)24-58-44(56)41-31-16-28(31)22-53(49-41)43(55)34(48-42(54)30-15-25(30)2)19-38-47-35(23-59-38)27-9-10-52(36)37(33)17-27/h9-10,17-18,21,23,25-26,28,30-31,34,41,49H,8,11-16,19-20,22,24H2,1-7H3,(H,48,54)/t25-,26-,28+,30-,31+,34-,41-/m0/s1. The summed E-state index contributed by atoms with van der Waals surface area (Å²) in [7, 11) is 3.90. The van der Waals surface area contributed by atoms with Crippen molar-refractivity contribution in [2.45, 2.75) is 84.9 Å². The summed E-state index contributed by atoms with van der Waals surface area (Å²) in [5.74, 6) is -0.174. The van der Waals surface area contributed by atoms with Gasteiger partial charge in [-0.05, 0) is 81.2 Å². The number of esters is 1. The molecular weight excluding hydrogens is 765 g/mol. The molecule has 2 N–H and O–H groups in total. The average Bonchev–Trinajstić information content (AvgIpc) is 4.10. The van der Waals surface area contributed by atoms with E-state index in [0.29, 0.717) is 18.9 Å². The SMILES string of the molecule is CCc1c(-c2cc(N3CCN(C)CC3)cnc2[C@H](C)OC)c2c3cc(ccn13)-c1csc(n1)C[C@H](NC(=O)[C@H]1C[C@@H]1C)C(=O)N1C[C@H]3C[C@H]3[C@H](N1)C(=O)OCC(C)(C)C2. The van der Waals surface area contributed by atoms with Crippen LogP contribution < -0.4 is 15.6 Å². The smallest absolute Gasteiger partial charge is 0.325 e. The Morgan fingerprint density at radius 2 is 1.95 bits per heavy atom. The summed E-state index contributed by atoms with van der Waals surface area (Å²) in [6.45, 7) is 15.1. The number of ether oxygens (including phenoxy) is 2. The summed E-state index contributed by atoms with van der Waals surface area (Å²) in [5.41, 5.74) is 12.2. The molecule has 2 saturated carbocycles. The van der Waals surface area contributed by atoms with Crippen molar-refractivity contribution in [2.24, 2.45) is 29.1 Å².